The molecule has 0 saturated carbocycles. The van der Waals surface area contributed by atoms with Gasteiger partial charge in [-0.05, 0) is 37.1 Å². The van der Waals surface area contributed by atoms with Gasteiger partial charge in [-0.15, -0.1) is 0 Å². The minimum absolute atomic E-state index is 0.195. The van der Waals surface area contributed by atoms with Crippen LogP contribution >= 0.6 is 0 Å². The molecule has 0 radical (unpaired) electrons. The van der Waals surface area contributed by atoms with Crippen molar-refractivity contribution in [1.82, 2.24) is 10.2 Å². The summed E-state index contributed by atoms with van der Waals surface area (Å²) in [6, 6.07) is 8.92. The highest BCUT2D eigenvalue weighted by Crippen LogP contribution is 2.18. The molecular weight excluding hydrogens is 224 g/mol. The summed E-state index contributed by atoms with van der Waals surface area (Å²) in [6.07, 6.45) is 2.39. The summed E-state index contributed by atoms with van der Waals surface area (Å²) in [6.45, 7) is 6.27. The smallest absolute Gasteiger partial charge is 0.0597 e. The maximum absolute atomic E-state index is 9.36. The van der Waals surface area contributed by atoms with Crippen LogP contribution < -0.4 is 5.32 Å². The Morgan fingerprint density at radius 2 is 2.11 bits per heavy atom. The number of likely N-dealkylation sites (N-methyl/N-ethyl adjacent to an activating group) is 1. The molecule has 3 nitrogen and oxygen atoms in total. The lowest BCUT2D eigenvalue weighted by Gasteiger charge is -2.25. The largest absolute Gasteiger partial charge is 0.395 e. The summed E-state index contributed by atoms with van der Waals surface area (Å²) in [5.74, 6) is 0. The Balaban J connectivity index is 1.99. The van der Waals surface area contributed by atoms with Gasteiger partial charge in [-0.1, -0.05) is 31.2 Å². The fourth-order valence-corrected chi connectivity index (χ4v) is 2.71. The van der Waals surface area contributed by atoms with Crippen molar-refractivity contribution in [3.8, 4) is 0 Å². The predicted octanol–water partition coefficient (Wildman–Crippen LogP) is 1.41. The molecule has 1 atom stereocenters. The van der Waals surface area contributed by atoms with Gasteiger partial charge in [-0.3, -0.25) is 4.90 Å². The number of nitrogens with one attached hydrogen (secondary N) is 1. The average molecular weight is 248 g/mol. The summed E-state index contributed by atoms with van der Waals surface area (Å²) in [4.78, 5) is 2.45. The van der Waals surface area contributed by atoms with E-state index in [9.17, 15) is 5.11 Å². The van der Waals surface area contributed by atoms with Gasteiger partial charge in [0.2, 0.25) is 0 Å². The first-order valence-corrected chi connectivity index (χ1v) is 6.97. The highest BCUT2D eigenvalue weighted by molar-refractivity contribution is 5.28. The average Bonchev–Trinajstić information content (AvgIpc) is 2.59. The second-order valence-electron chi connectivity index (χ2n) is 5.04. The van der Waals surface area contributed by atoms with Crippen LogP contribution in [-0.2, 0) is 13.0 Å². The van der Waals surface area contributed by atoms with Gasteiger partial charge in [-0.25, -0.2) is 0 Å². The van der Waals surface area contributed by atoms with Crippen LogP contribution in [0.4, 0.5) is 0 Å². The van der Waals surface area contributed by atoms with Crippen LogP contribution in [0.25, 0.3) is 0 Å². The van der Waals surface area contributed by atoms with Crippen LogP contribution in [0.1, 0.15) is 24.5 Å². The van der Waals surface area contributed by atoms with Crippen molar-refractivity contribution in [1.29, 1.82) is 0 Å². The SMILES string of the molecule is CCNC(CO)CN1CCCc2ccccc2C1. The zero-order valence-corrected chi connectivity index (χ0v) is 11.2. The molecule has 1 unspecified atom stereocenters. The Morgan fingerprint density at radius 3 is 2.83 bits per heavy atom. The number of aliphatic hydroxyl groups excluding tert-OH is 1. The standard InChI is InChI=1S/C15H24N2O/c1-2-16-15(12-18)11-17-9-5-8-13-6-3-4-7-14(13)10-17/h3-4,6-7,15-16,18H,2,5,8-12H2,1H3. The number of nitrogens with zero attached hydrogens (tertiary/aromatic N) is 1. The van der Waals surface area contributed by atoms with Gasteiger partial charge >= 0.3 is 0 Å². The molecule has 0 bridgehead atoms. The molecule has 1 aliphatic heterocycles. The molecule has 1 aromatic rings. The van der Waals surface area contributed by atoms with Crippen LogP contribution in [0, 0.1) is 0 Å². The number of hydrogen-bond acceptors (Lipinski definition) is 3. The number of hydrogen-bond donors (Lipinski definition) is 2. The Morgan fingerprint density at radius 1 is 1.33 bits per heavy atom. The fraction of sp³-hybridized carbons (Fsp3) is 0.600. The van der Waals surface area contributed by atoms with E-state index in [1.807, 2.05) is 0 Å². The van der Waals surface area contributed by atoms with Crippen LogP contribution in [-0.4, -0.2) is 42.3 Å². The van der Waals surface area contributed by atoms with Gasteiger partial charge < -0.3 is 10.4 Å². The van der Waals surface area contributed by atoms with Crippen LogP contribution in [0.3, 0.4) is 0 Å². The third-order valence-electron chi connectivity index (χ3n) is 3.62. The maximum atomic E-state index is 9.36. The highest BCUT2D eigenvalue weighted by Gasteiger charge is 2.17. The molecule has 2 rings (SSSR count). The van der Waals surface area contributed by atoms with Gasteiger partial charge in [0, 0.05) is 19.1 Å². The first-order chi connectivity index (χ1) is 8.83. The summed E-state index contributed by atoms with van der Waals surface area (Å²) in [7, 11) is 0. The normalized spacial score (nSPS) is 18.1. The van der Waals surface area contributed by atoms with E-state index in [4.69, 9.17) is 0 Å². The minimum Gasteiger partial charge on any atom is -0.395 e. The number of aliphatic hydroxyl groups is 1. The van der Waals surface area contributed by atoms with Crippen molar-refractivity contribution in [3.05, 3.63) is 35.4 Å². The van der Waals surface area contributed by atoms with Crippen LogP contribution in [0.15, 0.2) is 24.3 Å². The zero-order chi connectivity index (χ0) is 12.8. The van der Waals surface area contributed by atoms with Crippen molar-refractivity contribution in [2.45, 2.75) is 32.4 Å². The molecule has 3 heteroatoms. The lowest BCUT2D eigenvalue weighted by atomic mass is 10.0. The van der Waals surface area contributed by atoms with Crippen molar-refractivity contribution < 1.29 is 5.11 Å². The molecule has 0 saturated heterocycles. The molecule has 0 aliphatic carbocycles. The summed E-state index contributed by atoms with van der Waals surface area (Å²) < 4.78 is 0. The van der Waals surface area contributed by atoms with E-state index in [0.29, 0.717) is 0 Å². The summed E-state index contributed by atoms with van der Waals surface area (Å²) in [5, 5.41) is 12.7. The number of fused-ring (bicyclic) bond motifs is 1. The van der Waals surface area contributed by atoms with Crippen molar-refractivity contribution in [2.24, 2.45) is 0 Å². The van der Waals surface area contributed by atoms with Crippen LogP contribution in [0.5, 0.6) is 0 Å². The van der Waals surface area contributed by atoms with Crippen molar-refractivity contribution in [3.63, 3.8) is 0 Å². The molecule has 0 spiro atoms. The molecule has 1 heterocycles. The predicted molar refractivity (Wildman–Crippen MR) is 74.6 cm³/mol. The molecule has 100 valence electrons. The summed E-state index contributed by atoms with van der Waals surface area (Å²) in [5.41, 5.74) is 2.94. The van der Waals surface area contributed by atoms with Gasteiger partial charge in [0.1, 0.15) is 0 Å². The lowest BCUT2D eigenvalue weighted by molar-refractivity contribution is 0.179. The highest BCUT2D eigenvalue weighted by atomic mass is 16.3. The topological polar surface area (TPSA) is 35.5 Å². The number of benzene rings is 1. The van der Waals surface area contributed by atoms with E-state index >= 15 is 0 Å². The molecule has 0 fully saturated rings. The second-order valence-corrected chi connectivity index (χ2v) is 5.04. The van der Waals surface area contributed by atoms with Crippen LogP contribution in [0.2, 0.25) is 0 Å². The van der Waals surface area contributed by atoms with E-state index in [1.54, 1.807) is 0 Å². The fourth-order valence-electron chi connectivity index (χ4n) is 2.71. The molecular formula is C15H24N2O. The number of rotatable bonds is 5. The molecule has 0 aromatic heterocycles. The molecule has 0 amide bonds. The Kier molecular flexibility index (Phi) is 5.17. The third-order valence-corrected chi connectivity index (χ3v) is 3.62. The van der Waals surface area contributed by atoms with Gasteiger partial charge in [-0.2, -0.15) is 0 Å². The van der Waals surface area contributed by atoms with E-state index in [2.05, 4.69) is 41.4 Å². The maximum Gasteiger partial charge on any atom is 0.0597 e. The summed E-state index contributed by atoms with van der Waals surface area (Å²) >= 11 is 0. The Bertz CT molecular complexity index is 367. The lowest BCUT2D eigenvalue weighted by Crippen LogP contribution is -2.43. The quantitative estimate of drug-likeness (QED) is 0.827. The Labute approximate surface area is 110 Å². The van der Waals surface area contributed by atoms with E-state index in [-0.39, 0.29) is 12.6 Å². The van der Waals surface area contributed by atoms with E-state index < -0.39 is 0 Å². The minimum atomic E-state index is 0.195. The first-order valence-electron chi connectivity index (χ1n) is 6.97. The molecule has 2 N–H and O–H groups in total. The number of aryl methyl sites for hydroxylation is 1. The van der Waals surface area contributed by atoms with E-state index in [1.165, 1.54) is 24.0 Å². The van der Waals surface area contributed by atoms with Crippen molar-refractivity contribution in [2.75, 3.05) is 26.2 Å². The zero-order valence-electron chi connectivity index (χ0n) is 11.2. The van der Waals surface area contributed by atoms with Crippen molar-refractivity contribution >= 4 is 0 Å². The van der Waals surface area contributed by atoms with Gasteiger partial charge in [0.15, 0.2) is 0 Å². The first kappa shape index (κ1) is 13.5. The molecule has 1 aromatic carbocycles. The third kappa shape index (κ3) is 3.55. The second kappa shape index (κ2) is 6.88. The Hall–Kier alpha value is -0.900. The van der Waals surface area contributed by atoms with Gasteiger partial charge in [0.25, 0.3) is 0 Å². The molecule has 18 heavy (non-hydrogen) atoms. The molecule has 1 aliphatic rings. The monoisotopic (exact) mass is 248 g/mol. The van der Waals surface area contributed by atoms with E-state index in [0.717, 1.165) is 26.2 Å². The van der Waals surface area contributed by atoms with Gasteiger partial charge in [0.05, 0.1) is 6.61 Å².